The van der Waals surface area contributed by atoms with E-state index in [0.29, 0.717) is 28.8 Å². The predicted molar refractivity (Wildman–Crippen MR) is 74.4 cm³/mol. The number of nitriles is 1. The van der Waals surface area contributed by atoms with Crippen molar-refractivity contribution in [1.82, 2.24) is 4.90 Å². The summed E-state index contributed by atoms with van der Waals surface area (Å²) < 4.78 is 5.41. The Balaban J connectivity index is 2.35. The third-order valence-corrected chi connectivity index (χ3v) is 3.20. The molecule has 0 aliphatic carbocycles. The van der Waals surface area contributed by atoms with Crippen LogP contribution in [0.4, 0.5) is 0 Å². The van der Waals surface area contributed by atoms with Gasteiger partial charge in [0.2, 0.25) is 5.91 Å². The lowest BCUT2D eigenvalue weighted by Gasteiger charge is -2.15. The largest absolute Gasteiger partial charge is 0.493 e. The third-order valence-electron chi connectivity index (χ3n) is 2.46. The van der Waals surface area contributed by atoms with Crippen molar-refractivity contribution in [3.8, 4) is 11.8 Å². The summed E-state index contributed by atoms with van der Waals surface area (Å²) in [7, 11) is 1.67. The van der Waals surface area contributed by atoms with Crippen molar-refractivity contribution >= 4 is 29.1 Å². The van der Waals surface area contributed by atoms with E-state index in [2.05, 4.69) is 0 Å². The molecule has 1 aromatic carbocycles. The quantitative estimate of drug-likeness (QED) is 0.811. The van der Waals surface area contributed by atoms with Gasteiger partial charge in [-0.3, -0.25) is 4.79 Å². The van der Waals surface area contributed by atoms with Crippen molar-refractivity contribution in [1.29, 1.82) is 5.26 Å². The van der Waals surface area contributed by atoms with Gasteiger partial charge in [0.05, 0.1) is 35.6 Å². The highest BCUT2D eigenvalue weighted by atomic mass is 35.5. The molecule has 6 heteroatoms. The second-order valence-corrected chi connectivity index (χ2v) is 4.71. The molecule has 102 valence electrons. The van der Waals surface area contributed by atoms with Crippen LogP contribution in [-0.4, -0.2) is 31.0 Å². The summed E-state index contributed by atoms with van der Waals surface area (Å²) in [5.74, 6) is 0.511. The van der Waals surface area contributed by atoms with Crippen LogP contribution in [0.2, 0.25) is 10.0 Å². The van der Waals surface area contributed by atoms with Crippen LogP contribution in [-0.2, 0) is 4.79 Å². The molecule has 0 aromatic heterocycles. The summed E-state index contributed by atoms with van der Waals surface area (Å²) in [5.41, 5.74) is 0. The van der Waals surface area contributed by atoms with E-state index in [1.54, 1.807) is 25.2 Å². The molecule has 0 heterocycles. The molecule has 0 spiro atoms. The molecule has 0 unspecified atom stereocenters. The van der Waals surface area contributed by atoms with Crippen molar-refractivity contribution in [2.45, 2.75) is 12.8 Å². The minimum Gasteiger partial charge on any atom is -0.493 e. The predicted octanol–water partition coefficient (Wildman–Crippen LogP) is 3.13. The van der Waals surface area contributed by atoms with Crippen molar-refractivity contribution in [3.63, 3.8) is 0 Å². The van der Waals surface area contributed by atoms with Crippen LogP contribution < -0.4 is 4.74 Å². The van der Waals surface area contributed by atoms with E-state index in [1.807, 2.05) is 6.07 Å². The van der Waals surface area contributed by atoms with Gasteiger partial charge in [0.25, 0.3) is 0 Å². The molecular formula is C13H14Cl2N2O2. The lowest BCUT2D eigenvalue weighted by molar-refractivity contribution is -0.130. The Kier molecular flexibility index (Phi) is 6.48. The molecule has 0 fully saturated rings. The Labute approximate surface area is 122 Å². The highest BCUT2D eigenvalue weighted by Gasteiger charge is 2.08. The number of halogens is 2. The fourth-order valence-corrected chi connectivity index (χ4v) is 1.64. The second kappa shape index (κ2) is 7.88. The molecule has 1 aromatic rings. The summed E-state index contributed by atoms with van der Waals surface area (Å²) >= 11 is 11.6. The van der Waals surface area contributed by atoms with Gasteiger partial charge in [-0.15, -0.1) is 0 Å². The zero-order valence-electron chi connectivity index (χ0n) is 10.5. The average molecular weight is 301 g/mol. The minimum absolute atomic E-state index is 0.0599. The molecule has 0 aliphatic rings. The number of carbonyl (C=O) groups excluding carboxylic acids is 1. The number of ether oxygens (including phenoxy) is 1. The summed E-state index contributed by atoms with van der Waals surface area (Å²) in [5, 5.41) is 9.31. The van der Waals surface area contributed by atoms with Crippen LogP contribution in [0.3, 0.4) is 0 Å². The topological polar surface area (TPSA) is 53.3 Å². The Hall–Kier alpha value is -1.44. The zero-order chi connectivity index (χ0) is 14.3. The van der Waals surface area contributed by atoms with E-state index < -0.39 is 0 Å². The van der Waals surface area contributed by atoms with Crippen LogP contribution in [0, 0.1) is 11.3 Å². The van der Waals surface area contributed by atoms with Crippen molar-refractivity contribution < 1.29 is 9.53 Å². The van der Waals surface area contributed by atoms with Crippen LogP contribution >= 0.6 is 23.2 Å². The third kappa shape index (κ3) is 5.37. The van der Waals surface area contributed by atoms with Gasteiger partial charge in [-0.05, 0) is 12.1 Å². The molecule has 0 atom stereocenters. The normalized spacial score (nSPS) is 9.79. The standard InChI is InChI=1S/C13H14Cl2N2O2/c1-17(7-2-6-16)13(18)5-8-19-10-3-4-11(14)12(15)9-10/h3-4,9H,2,5,7-8H2,1H3. The first-order valence-electron chi connectivity index (χ1n) is 5.73. The number of rotatable bonds is 6. The van der Waals surface area contributed by atoms with Gasteiger partial charge >= 0.3 is 0 Å². The summed E-state index contributed by atoms with van der Waals surface area (Å²) in [6.45, 7) is 0.690. The summed E-state index contributed by atoms with van der Waals surface area (Å²) in [6.07, 6.45) is 0.581. The van der Waals surface area contributed by atoms with Crippen LogP contribution in [0.25, 0.3) is 0 Å². The van der Waals surface area contributed by atoms with E-state index in [9.17, 15) is 4.79 Å². The molecule has 0 saturated heterocycles. The lowest BCUT2D eigenvalue weighted by atomic mass is 10.3. The molecule has 1 amide bonds. The van der Waals surface area contributed by atoms with Gasteiger partial charge in [0.15, 0.2) is 0 Å². The van der Waals surface area contributed by atoms with E-state index in [1.165, 1.54) is 4.90 Å². The minimum atomic E-state index is -0.0599. The fourth-order valence-electron chi connectivity index (χ4n) is 1.36. The second-order valence-electron chi connectivity index (χ2n) is 3.90. The number of hydrogen-bond acceptors (Lipinski definition) is 3. The first-order valence-corrected chi connectivity index (χ1v) is 6.49. The molecule has 4 nitrogen and oxygen atoms in total. The van der Waals surface area contributed by atoms with Gasteiger partial charge in [-0.25, -0.2) is 0 Å². The van der Waals surface area contributed by atoms with Crippen molar-refractivity contribution in [2.24, 2.45) is 0 Å². The molecule has 0 aliphatic heterocycles. The molecule has 19 heavy (non-hydrogen) atoms. The van der Waals surface area contributed by atoms with Crippen LogP contribution in [0.15, 0.2) is 18.2 Å². The SMILES string of the molecule is CN(CCC#N)C(=O)CCOc1ccc(Cl)c(Cl)c1. The Morgan fingerprint density at radius 3 is 2.79 bits per heavy atom. The summed E-state index contributed by atoms with van der Waals surface area (Å²) in [4.78, 5) is 13.2. The fraction of sp³-hybridized carbons (Fsp3) is 0.385. The zero-order valence-corrected chi connectivity index (χ0v) is 12.0. The van der Waals surface area contributed by atoms with Gasteiger partial charge in [-0.2, -0.15) is 5.26 Å². The van der Waals surface area contributed by atoms with Crippen LogP contribution in [0.1, 0.15) is 12.8 Å². The summed E-state index contributed by atoms with van der Waals surface area (Å²) in [6, 6.07) is 6.93. The number of nitrogens with zero attached hydrogens (tertiary/aromatic N) is 2. The molecule has 0 saturated carbocycles. The monoisotopic (exact) mass is 300 g/mol. The van der Waals surface area contributed by atoms with Gasteiger partial charge in [-0.1, -0.05) is 23.2 Å². The number of carbonyl (C=O) groups is 1. The molecule has 0 radical (unpaired) electrons. The average Bonchev–Trinajstić information content (AvgIpc) is 2.39. The van der Waals surface area contributed by atoms with E-state index in [0.717, 1.165) is 0 Å². The first kappa shape index (κ1) is 15.6. The van der Waals surface area contributed by atoms with E-state index in [-0.39, 0.29) is 18.9 Å². The highest BCUT2D eigenvalue weighted by molar-refractivity contribution is 6.42. The van der Waals surface area contributed by atoms with E-state index in [4.69, 9.17) is 33.2 Å². The maximum Gasteiger partial charge on any atom is 0.225 e. The number of amides is 1. The van der Waals surface area contributed by atoms with Crippen molar-refractivity contribution in [3.05, 3.63) is 28.2 Å². The van der Waals surface area contributed by atoms with Gasteiger partial charge in [0.1, 0.15) is 5.75 Å². The maximum absolute atomic E-state index is 11.6. The Morgan fingerprint density at radius 1 is 1.42 bits per heavy atom. The van der Waals surface area contributed by atoms with E-state index >= 15 is 0 Å². The molecule has 0 N–H and O–H groups in total. The van der Waals surface area contributed by atoms with Crippen LogP contribution in [0.5, 0.6) is 5.75 Å². The molecular weight excluding hydrogens is 287 g/mol. The Morgan fingerprint density at radius 2 is 2.16 bits per heavy atom. The smallest absolute Gasteiger partial charge is 0.225 e. The molecule has 0 bridgehead atoms. The number of hydrogen-bond donors (Lipinski definition) is 0. The molecule has 1 rings (SSSR count). The number of benzene rings is 1. The first-order chi connectivity index (χ1) is 9.04. The highest BCUT2D eigenvalue weighted by Crippen LogP contribution is 2.26. The van der Waals surface area contributed by atoms with Gasteiger partial charge < -0.3 is 9.64 Å². The maximum atomic E-state index is 11.6. The van der Waals surface area contributed by atoms with Crippen molar-refractivity contribution in [2.75, 3.05) is 20.2 Å². The van der Waals surface area contributed by atoms with Gasteiger partial charge in [0, 0.05) is 19.7 Å². The Bertz CT molecular complexity index is 486. The lowest BCUT2D eigenvalue weighted by Crippen LogP contribution is -2.28.